The molecule has 6 nitrogen and oxygen atoms in total. The monoisotopic (exact) mass is 570 g/mol. The molecule has 5 heterocycles. The van der Waals surface area contributed by atoms with Crippen LogP contribution in [0.2, 0.25) is 0 Å². The second kappa shape index (κ2) is 9.44. The smallest absolute Gasteiger partial charge is 0.657 e. The minimum atomic E-state index is -3.63. The van der Waals surface area contributed by atoms with Crippen molar-refractivity contribution in [2.24, 2.45) is 0 Å². The van der Waals surface area contributed by atoms with E-state index in [9.17, 15) is 8.42 Å². The Morgan fingerprint density at radius 1 is 0.816 bits per heavy atom. The number of nitrogens with zero attached hydrogens (tertiary/aromatic N) is 4. The van der Waals surface area contributed by atoms with Crippen molar-refractivity contribution in [3.05, 3.63) is 89.0 Å². The molecule has 0 amide bonds. The third-order valence-electron chi connectivity index (χ3n) is 6.83. The zero-order valence-electron chi connectivity index (χ0n) is 21.9. The van der Waals surface area contributed by atoms with Crippen LogP contribution in [-0.4, -0.2) is 24.6 Å². The van der Waals surface area contributed by atoms with E-state index in [-0.39, 0.29) is 29.8 Å². The fraction of sp³-hybridized carbons (Fsp3) is 0.200. The van der Waals surface area contributed by atoms with Crippen molar-refractivity contribution < 1.29 is 27.9 Å². The van der Waals surface area contributed by atoms with E-state index >= 15 is 0 Å². The van der Waals surface area contributed by atoms with Gasteiger partial charge in [0.25, 0.3) is 0 Å². The van der Waals surface area contributed by atoms with E-state index < -0.39 is 9.84 Å². The van der Waals surface area contributed by atoms with Gasteiger partial charge >= 0.3 is 19.5 Å². The number of hydrogen-bond donors (Lipinski definition) is 0. The first-order chi connectivity index (χ1) is 17.6. The molecule has 0 radical (unpaired) electrons. The van der Waals surface area contributed by atoms with E-state index in [1.165, 1.54) is 6.26 Å². The summed E-state index contributed by atoms with van der Waals surface area (Å²) >= 11 is 0. The molecule has 186 valence electrons. The summed E-state index contributed by atoms with van der Waals surface area (Å²) in [6.07, 6.45) is 5.55. The van der Waals surface area contributed by atoms with E-state index in [2.05, 4.69) is 18.8 Å². The summed E-state index contributed by atoms with van der Waals surface area (Å²) in [7, 11) is -3.63. The number of fused-ring (bicyclic) bond motifs is 8. The van der Waals surface area contributed by atoms with Crippen LogP contribution in [0.25, 0.3) is 45.3 Å². The van der Waals surface area contributed by atoms with Crippen LogP contribution in [0.4, 0.5) is 0 Å². The van der Waals surface area contributed by atoms with Crippen LogP contribution >= 0.6 is 0 Å². The molecule has 8 bridgehead atoms. The van der Waals surface area contributed by atoms with Crippen molar-refractivity contribution >= 4 is 44.1 Å². The third-order valence-corrected chi connectivity index (χ3v) is 7.99. The number of hydrogen-bond acceptors (Lipinski definition) is 4. The molecule has 0 unspecified atom stereocenters. The van der Waals surface area contributed by atoms with Crippen LogP contribution in [0.15, 0.2) is 65.6 Å². The van der Waals surface area contributed by atoms with E-state index in [0.29, 0.717) is 22.4 Å². The number of aryl methyl sites for hydroxylation is 1. The van der Waals surface area contributed by atoms with Crippen LogP contribution in [0.3, 0.4) is 0 Å². The molecule has 0 fully saturated rings. The fourth-order valence-electron chi connectivity index (χ4n) is 4.98. The second-order valence-corrected chi connectivity index (χ2v) is 12.4. The predicted molar refractivity (Wildman–Crippen MR) is 148 cm³/mol. The van der Waals surface area contributed by atoms with Gasteiger partial charge < -0.3 is 9.97 Å². The van der Waals surface area contributed by atoms with Crippen molar-refractivity contribution in [3.8, 4) is 11.1 Å². The van der Waals surface area contributed by atoms with Crippen LogP contribution in [0.1, 0.15) is 42.2 Å². The molecule has 3 aromatic heterocycles. The number of benzene rings is 1. The maximum Gasteiger partial charge on any atom is 2.00 e. The zero-order valence-corrected chi connectivity index (χ0v) is 25.6. The van der Waals surface area contributed by atoms with Gasteiger partial charge in [0.15, 0.2) is 9.84 Å². The molecular weight excluding hydrogens is 546 g/mol. The van der Waals surface area contributed by atoms with E-state index in [1.807, 2.05) is 67.6 Å². The molecule has 4 aromatic rings. The summed E-state index contributed by atoms with van der Waals surface area (Å²) in [5, 5.41) is 0. The molecule has 2 aliphatic rings. The Balaban J connectivity index is 0.00000294. The molecule has 0 N–H and O–H groups in total. The van der Waals surface area contributed by atoms with E-state index in [1.54, 1.807) is 12.1 Å². The molecule has 2 aliphatic heterocycles. The van der Waals surface area contributed by atoms with Crippen molar-refractivity contribution in [2.75, 3.05) is 6.26 Å². The maximum absolute atomic E-state index is 13.0. The van der Waals surface area contributed by atoms with E-state index in [0.717, 1.165) is 45.5 Å². The third kappa shape index (κ3) is 4.79. The Labute approximate surface area is 235 Å². The molecule has 0 aliphatic carbocycles. The van der Waals surface area contributed by atoms with Crippen molar-refractivity contribution in [1.29, 1.82) is 0 Å². The Morgan fingerprint density at radius 2 is 1.45 bits per heavy atom. The minimum Gasteiger partial charge on any atom is -0.657 e. The molecule has 0 saturated heterocycles. The molecule has 0 spiro atoms. The van der Waals surface area contributed by atoms with Gasteiger partial charge in [0.1, 0.15) is 0 Å². The van der Waals surface area contributed by atoms with Crippen LogP contribution in [-0.2, 0) is 41.2 Å². The molecule has 38 heavy (non-hydrogen) atoms. The minimum absolute atomic E-state index is 0. The van der Waals surface area contributed by atoms with Gasteiger partial charge in [-0.3, -0.25) is 4.98 Å². The van der Waals surface area contributed by atoms with Gasteiger partial charge in [0, 0.05) is 29.5 Å². The Kier molecular flexibility index (Phi) is 6.53. The second-order valence-electron chi connectivity index (χ2n) is 10.4. The standard InChI is InChI=1S/C30H26N4O2S.Zn/c1-18-5-7-19(8-6-18)28-23-11-9-21(31-23)16-27-30(2,3)17-22(33-27)15-20-10-12-25(32-20)29(37(4,35)36)26-14-13-24(28)34-26;/h5-16H,17H2,1-4H3;/q-2;+2. The van der Waals surface area contributed by atoms with Gasteiger partial charge in [-0.25, -0.2) is 13.4 Å². The van der Waals surface area contributed by atoms with Crippen molar-refractivity contribution in [1.82, 2.24) is 19.9 Å². The SMILES string of the molecule is Cc1ccc(-c2c3nc(c(S(C)(=O)=O)c4ccc(cc5nc(cc6ccc2[n-]6)C(C)(C)C5)[n-]4)C=C3)cc1.[Zn+2]. The normalized spacial score (nSPS) is 14.3. The fourth-order valence-corrected chi connectivity index (χ4v) is 5.97. The topological polar surface area (TPSA) is 88.1 Å². The molecule has 0 saturated carbocycles. The average molecular weight is 572 g/mol. The zero-order chi connectivity index (χ0) is 25.9. The summed E-state index contributed by atoms with van der Waals surface area (Å²) in [6.45, 7) is 6.38. The molecule has 1 aromatic carbocycles. The summed E-state index contributed by atoms with van der Waals surface area (Å²) in [4.78, 5) is 19.4. The molecule has 0 atom stereocenters. The summed E-state index contributed by atoms with van der Waals surface area (Å²) < 4.78 is 25.9. The first-order valence-corrected chi connectivity index (χ1v) is 14.0. The first kappa shape index (κ1) is 26.3. The largest absolute Gasteiger partial charge is 2.00 e. The summed E-state index contributed by atoms with van der Waals surface area (Å²) in [5.41, 5.74) is 8.32. The summed E-state index contributed by atoms with van der Waals surface area (Å²) in [6, 6.07) is 19.7. The van der Waals surface area contributed by atoms with Crippen LogP contribution in [0.5, 0.6) is 0 Å². The van der Waals surface area contributed by atoms with Crippen molar-refractivity contribution in [3.63, 3.8) is 0 Å². The van der Waals surface area contributed by atoms with Gasteiger partial charge in [-0.2, -0.15) is 0 Å². The first-order valence-electron chi connectivity index (χ1n) is 12.1. The Bertz CT molecular complexity index is 1860. The maximum atomic E-state index is 13.0. The van der Waals surface area contributed by atoms with Gasteiger partial charge in [-0.05, 0) is 30.2 Å². The number of sulfone groups is 1. The molecule has 6 rings (SSSR count). The van der Waals surface area contributed by atoms with Gasteiger partial charge in [-0.15, -0.1) is 22.1 Å². The van der Waals surface area contributed by atoms with Gasteiger partial charge in [-0.1, -0.05) is 80.1 Å². The predicted octanol–water partition coefficient (Wildman–Crippen LogP) is 5.64. The molecule has 8 heteroatoms. The van der Waals surface area contributed by atoms with Crippen molar-refractivity contribution in [2.45, 2.75) is 37.5 Å². The number of rotatable bonds is 2. The molecular formula is C30H26N4O2SZn. The quantitative estimate of drug-likeness (QED) is 0.255. The van der Waals surface area contributed by atoms with Gasteiger partial charge in [0.2, 0.25) is 0 Å². The number of aromatic nitrogens is 4. The Morgan fingerprint density at radius 3 is 2.16 bits per heavy atom. The van der Waals surface area contributed by atoms with E-state index in [4.69, 9.17) is 15.0 Å². The summed E-state index contributed by atoms with van der Waals surface area (Å²) in [5.74, 6) is 0. The van der Waals surface area contributed by atoms with Gasteiger partial charge in [0.05, 0.1) is 16.3 Å². The Hall–Kier alpha value is -3.35. The van der Waals surface area contributed by atoms with Crippen LogP contribution < -0.4 is 9.97 Å². The average Bonchev–Trinajstić information content (AvgIpc) is 3.59. The van der Waals surface area contributed by atoms with Crippen LogP contribution in [0, 0.1) is 6.92 Å².